The molecule has 1 saturated carbocycles. The monoisotopic (exact) mass is 354 g/mol. The number of esters is 1. The molecule has 1 saturated heterocycles. The van der Waals surface area contributed by atoms with E-state index in [2.05, 4.69) is 19.9 Å². The maximum atomic E-state index is 12.5. The van der Waals surface area contributed by atoms with Crippen LogP contribution in [0.1, 0.15) is 50.7 Å². The van der Waals surface area contributed by atoms with Crippen LogP contribution in [0.15, 0.2) is 24.3 Å². The third kappa shape index (κ3) is 3.75. The van der Waals surface area contributed by atoms with Gasteiger partial charge in [0.05, 0.1) is 17.6 Å². The molecular weight excluding hydrogens is 328 g/mol. The van der Waals surface area contributed by atoms with Gasteiger partial charge < -0.3 is 9.64 Å². The number of carbonyl (C=O) groups is 2. The molecule has 0 spiro atoms. The lowest BCUT2D eigenvalue weighted by molar-refractivity contribution is -0.149. The first-order valence-electron chi connectivity index (χ1n) is 9.45. The van der Waals surface area contributed by atoms with Gasteiger partial charge >= 0.3 is 5.97 Å². The van der Waals surface area contributed by atoms with Crippen molar-refractivity contribution in [3.8, 4) is 6.07 Å². The summed E-state index contributed by atoms with van der Waals surface area (Å²) < 4.78 is 5.42. The van der Waals surface area contributed by atoms with Gasteiger partial charge in [-0.25, -0.2) is 0 Å². The van der Waals surface area contributed by atoms with Gasteiger partial charge in [0.25, 0.3) is 0 Å². The highest BCUT2D eigenvalue weighted by Gasteiger charge is 2.42. The van der Waals surface area contributed by atoms with Gasteiger partial charge in [-0.15, -0.1) is 0 Å². The van der Waals surface area contributed by atoms with Gasteiger partial charge in [0.1, 0.15) is 6.61 Å². The van der Waals surface area contributed by atoms with Crippen molar-refractivity contribution in [1.29, 1.82) is 5.26 Å². The number of amides is 1. The van der Waals surface area contributed by atoms with Crippen LogP contribution in [0, 0.1) is 29.1 Å². The molecule has 1 heterocycles. The Bertz CT molecular complexity index is 724. The highest BCUT2D eigenvalue weighted by molar-refractivity contribution is 5.87. The Morgan fingerprint density at radius 2 is 2.08 bits per heavy atom. The number of benzene rings is 1. The summed E-state index contributed by atoms with van der Waals surface area (Å²) in [4.78, 5) is 26.9. The Hall–Kier alpha value is -2.35. The van der Waals surface area contributed by atoms with Crippen molar-refractivity contribution >= 4 is 11.9 Å². The maximum Gasteiger partial charge on any atom is 0.311 e. The highest BCUT2D eigenvalue weighted by atomic mass is 16.5. The first kappa shape index (κ1) is 18.4. The van der Waals surface area contributed by atoms with Crippen molar-refractivity contribution in [2.24, 2.45) is 17.8 Å². The molecule has 4 atom stereocenters. The van der Waals surface area contributed by atoms with E-state index in [-0.39, 0.29) is 30.9 Å². The molecule has 1 aromatic carbocycles. The first-order valence-corrected chi connectivity index (χ1v) is 9.45. The van der Waals surface area contributed by atoms with Crippen LogP contribution in [-0.2, 0) is 20.9 Å². The molecule has 138 valence electrons. The minimum atomic E-state index is -0.402. The largest absolute Gasteiger partial charge is 0.460 e. The lowest BCUT2D eigenvalue weighted by Crippen LogP contribution is -2.45. The molecule has 5 nitrogen and oxygen atoms in total. The van der Waals surface area contributed by atoms with Crippen molar-refractivity contribution in [3.63, 3.8) is 0 Å². The topological polar surface area (TPSA) is 70.4 Å². The van der Waals surface area contributed by atoms with Gasteiger partial charge in [-0.1, -0.05) is 44.9 Å². The van der Waals surface area contributed by atoms with Crippen molar-refractivity contribution in [1.82, 2.24) is 4.90 Å². The zero-order chi connectivity index (χ0) is 18.7. The molecule has 1 aliphatic heterocycles. The molecule has 0 N–H and O–H groups in total. The van der Waals surface area contributed by atoms with Crippen LogP contribution in [0.2, 0.25) is 0 Å². The maximum absolute atomic E-state index is 12.5. The van der Waals surface area contributed by atoms with Crippen LogP contribution in [0.5, 0.6) is 0 Å². The van der Waals surface area contributed by atoms with Crippen molar-refractivity contribution in [3.05, 3.63) is 35.4 Å². The molecule has 2 aliphatic rings. The zero-order valence-corrected chi connectivity index (χ0v) is 15.5. The molecule has 26 heavy (non-hydrogen) atoms. The van der Waals surface area contributed by atoms with Gasteiger partial charge in [0, 0.05) is 24.6 Å². The van der Waals surface area contributed by atoms with Crippen LogP contribution >= 0.6 is 0 Å². The molecular formula is C21H26N2O3. The van der Waals surface area contributed by atoms with Crippen LogP contribution in [0.4, 0.5) is 0 Å². The molecule has 1 amide bonds. The van der Waals surface area contributed by atoms with E-state index >= 15 is 0 Å². The van der Waals surface area contributed by atoms with E-state index in [4.69, 9.17) is 10.00 Å². The van der Waals surface area contributed by atoms with E-state index < -0.39 is 5.92 Å². The van der Waals surface area contributed by atoms with E-state index in [0.29, 0.717) is 29.5 Å². The van der Waals surface area contributed by atoms with Crippen molar-refractivity contribution in [2.75, 3.05) is 6.54 Å². The summed E-state index contributed by atoms with van der Waals surface area (Å²) in [7, 11) is 0. The van der Waals surface area contributed by atoms with E-state index in [9.17, 15) is 9.59 Å². The first-order chi connectivity index (χ1) is 12.5. The number of nitrogens with zero attached hydrogens (tertiary/aromatic N) is 2. The van der Waals surface area contributed by atoms with Gasteiger partial charge in [0.15, 0.2) is 0 Å². The predicted molar refractivity (Wildman–Crippen MR) is 96.7 cm³/mol. The molecule has 3 rings (SSSR count). The zero-order valence-electron chi connectivity index (χ0n) is 15.5. The Labute approximate surface area is 154 Å². The van der Waals surface area contributed by atoms with E-state index in [0.717, 1.165) is 12.8 Å². The number of likely N-dealkylation sites (tertiary alicyclic amines) is 1. The Kier molecular flexibility index (Phi) is 5.61. The SMILES string of the molecule is C[C@@H]1[C@H](C)CCC[C@@H]1N1C[C@H](C(=O)OCc2ccccc2C#N)CC1=O. The Balaban J connectivity index is 1.59. The summed E-state index contributed by atoms with van der Waals surface area (Å²) in [6, 6.07) is 9.42. The Morgan fingerprint density at radius 1 is 1.31 bits per heavy atom. The molecule has 0 bridgehead atoms. The highest BCUT2D eigenvalue weighted by Crippen LogP contribution is 2.36. The second-order valence-corrected chi connectivity index (χ2v) is 7.66. The fraction of sp³-hybridized carbons (Fsp3) is 0.571. The average molecular weight is 354 g/mol. The number of ether oxygens (including phenoxy) is 1. The standard InChI is InChI=1S/C21H26N2O3/c1-14-6-5-9-19(15(14)2)23-12-18(10-20(23)24)21(25)26-13-17-8-4-3-7-16(17)11-22/h3-4,7-8,14-15,18-19H,5-6,9-10,12-13H2,1-2H3/t14-,15-,18-,19+/m1/s1. The lowest BCUT2D eigenvalue weighted by Gasteiger charge is -2.39. The van der Waals surface area contributed by atoms with Crippen LogP contribution < -0.4 is 0 Å². The van der Waals surface area contributed by atoms with Gasteiger partial charge in [-0.2, -0.15) is 5.26 Å². The third-order valence-corrected chi connectivity index (χ3v) is 6.06. The van der Waals surface area contributed by atoms with Gasteiger partial charge in [-0.3, -0.25) is 9.59 Å². The summed E-state index contributed by atoms with van der Waals surface area (Å²) in [5, 5.41) is 9.11. The smallest absolute Gasteiger partial charge is 0.311 e. The van der Waals surface area contributed by atoms with Crippen molar-refractivity contribution < 1.29 is 14.3 Å². The second-order valence-electron chi connectivity index (χ2n) is 7.66. The minimum Gasteiger partial charge on any atom is -0.460 e. The summed E-state index contributed by atoms with van der Waals surface area (Å²) in [6.07, 6.45) is 3.61. The van der Waals surface area contributed by atoms with Crippen LogP contribution in [0.3, 0.4) is 0 Å². The molecule has 0 aromatic heterocycles. The summed E-state index contributed by atoms with van der Waals surface area (Å²) in [5.41, 5.74) is 1.20. The summed E-state index contributed by atoms with van der Waals surface area (Å²) in [6.45, 7) is 4.99. The van der Waals surface area contributed by atoms with E-state index in [1.165, 1.54) is 6.42 Å². The molecule has 1 aromatic rings. The number of nitriles is 1. The third-order valence-electron chi connectivity index (χ3n) is 6.06. The normalized spacial score (nSPS) is 28.7. The lowest BCUT2D eigenvalue weighted by atomic mass is 9.77. The van der Waals surface area contributed by atoms with Gasteiger partial charge in [-0.05, 0) is 24.3 Å². The number of carbonyl (C=O) groups excluding carboxylic acids is 2. The molecule has 2 fully saturated rings. The van der Waals surface area contributed by atoms with Crippen LogP contribution in [0.25, 0.3) is 0 Å². The summed E-state index contributed by atoms with van der Waals surface area (Å²) >= 11 is 0. The Morgan fingerprint density at radius 3 is 2.85 bits per heavy atom. The average Bonchev–Trinajstić information content (AvgIpc) is 3.04. The van der Waals surface area contributed by atoms with Crippen LogP contribution in [-0.4, -0.2) is 29.4 Å². The molecule has 0 radical (unpaired) electrons. The predicted octanol–water partition coefficient (Wildman–Crippen LogP) is 3.27. The number of hydrogen-bond acceptors (Lipinski definition) is 4. The summed E-state index contributed by atoms with van der Waals surface area (Å²) in [5.74, 6) is 0.390. The fourth-order valence-electron chi connectivity index (χ4n) is 4.23. The van der Waals surface area contributed by atoms with E-state index in [1.807, 2.05) is 11.0 Å². The van der Waals surface area contributed by atoms with Crippen molar-refractivity contribution in [2.45, 2.75) is 52.2 Å². The minimum absolute atomic E-state index is 0.0651. The fourth-order valence-corrected chi connectivity index (χ4v) is 4.23. The molecule has 0 unspecified atom stereocenters. The second kappa shape index (κ2) is 7.90. The molecule has 5 heteroatoms. The van der Waals surface area contributed by atoms with Gasteiger partial charge in [0.2, 0.25) is 5.91 Å². The number of hydrogen-bond donors (Lipinski definition) is 0. The van der Waals surface area contributed by atoms with E-state index in [1.54, 1.807) is 18.2 Å². The number of rotatable bonds is 4. The quantitative estimate of drug-likeness (QED) is 0.778. The molecule has 1 aliphatic carbocycles.